The fraction of sp³-hybridized carbons (Fsp3) is 0.839. The van der Waals surface area contributed by atoms with Crippen molar-refractivity contribution in [2.75, 3.05) is 13.2 Å². The third-order valence-corrected chi connectivity index (χ3v) is 13.6. The van der Waals surface area contributed by atoms with E-state index in [2.05, 4.69) is 55.6 Å². The Morgan fingerprint density at radius 3 is 1.16 bits per heavy atom. The largest absolute Gasteiger partial charge is 0.466 e. The number of rotatable bonds is 55. The van der Waals surface area contributed by atoms with Crippen LogP contribution in [0.25, 0.3) is 0 Å². The lowest BCUT2D eigenvalue weighted by Gasteiger charge is -2.20. The van der Waals surface area contributed by atoms with Gasteiger partial charge in [-0.1, -0.05) is 255 Å². The van der Waals surface area contributed by atoms with Crippen LogP contribution in [0, 0.1) is 0 Å². The second-order valence-corrected chi connectivity index (χ2v) is 20.3. The number of hydrogen-bond donors (Lipinski definition) is 3. The molecule has 0 aliphatic rings. The van der Waals surface area contributed by atoms with Crippen molar-refractivity contribution in [2.24, 2.45) is 0 Å². The standard InChI is InChI=1S/C62H115NO5/c1-3-5-7-9-11-13-15-17-19-24-28-32-36-40-44-48-52-56-62(67)68-57-53-49-45-41-37-33-29-26-23-21-20-22-25-27-31-35-39-43-47-51-55-61(66)63-59(58-64)60(65)54-50-46-42-38-34-30-18-16-14-12-10-8-6-4-2/h11,13,17,19-20,22,50,54,59-60,64-65H,3-10,12,14-16,18,21,23-49,51-53,55-58H2,1-2H3,(H,63,66)/b13-11-,19-17-,22-20-,54-50+. The minimum atomic E-state index is -0.850. The number of unbranched alkanes of at least 4 members (excludes halogenated alkanes) is 38. The molecule has 0 heterocycles. The first-order valence-electron chi connectivity index (χ1n) is 29.9. The molecule has 398 valence electrons. The van der Waals surface area contributed by atoms with Gasteiger partial charge >= 0.3 is 5.97 Å². The van der Waals surface area contributed by atoms with Crippen molar-refractivity contribution < 1.29 is 24.5 Å². The van der Waals surface area contributed by atoms with Crippen LogP contribution < -0.4 is 5.32 Å². The summed E-state index contributed by atoms with van der Waals surface area (Å²) in [7, 11) is 0. The number of nitrogens with one attached hydrogen (secondary N) is 1. The van der Waals surface area contributed by atoms with Crippen LogP contribution in [-0.2, 0) is 14.3 Å². The van der Waals surface area contributed by atoms with E-state index in [1.54, 1.807) is 6.08 Å². The van der Waals surface area contributed by atoms with Gasteiger partial charge in [0.15, 0.2) is 0 Å². The molecule has 0 spiro atoms. The number of esters is 1. The number of ether oxygens (including phenoxy) is 1. The van der Waals surface area contributed by atoms with Crippen molar-refractivity contribution in [1.29, 1.82) is 0 Å². The minimum absolute atomic E-state index is 0.00266. The van der Waals surface area contributed by atoms with Crippen molar-refractivity contribution in [3.63, 3.8) is 0 Å². The zero-order valence-electron chi connectivity index (χ0n) is 45.3. The molecule has 3 N–H and O–H groups in total. The molecule has 6 heteroatoms. The summed E-state index contributed by atoms with van der Waals surface area (Å²) in [6, 6.07) is -0.635. The number of carbonyl (C=O) groups excluding carboxylic acids is 2. The molecule has 68 heavy (non-hydrogen) atoms. The van der Waals surface area contributed by atoms with Gasteiger partial charge in [0.1, 0.15) is 0 Å². The van der Waals surface area contributed by atoms with Gasteiger partial charge in [-0.25, -0.2) is 0 Å². The van der Waals surface area contributed by atoms with E-state index in [-0.39, 0.29) is 18.5 Å². The van der Waals surface area contributed by atoms with Crippen molar-refractivity contribution in [3.8, 4) is 0 Å². The normalized spacial score (nSPS) is 12.9. The highest BCUT2D eigenvalue weighted by molar-refractivity contribution is 5.76. The average Bonchev–Trinajstić information content (AvgIpc) is 3.34. The first-order chi connectivity index (χ1) is 33.5. The highest BCUT2D eigenvalue weighted by atomic mass is 16.5. The fourth-order valence-electron chi connectivity index (χ4n) is 8.95. The molecule has 0 aromatic carbocycles. The van der Waals surface area contributed by atoms with E-state index < -0.39 is 12.1 Å². The molecule has 0 aliphatic heterocycles. The maximum Gasteiger partial charge on any atom is 0.305 e. The van der Waals surface area contributed by atoms with Crippen molar-refractivity contribution in [1.82, 2.24) is 5.32 Å². The van der Waals surface area contributed by atoms with E-state index in [9.17, 15) is 19.8 Å². The SMILES string of the molecule is CCCCC/C=C\C/C=C\CCCCCCCCCC(=O)OCCCCCCCCCCC/C=C\CCCCCCCCCC(=O)NC(CO)C(O)/C=C/CCCCCCCCCCCCCC. The van der Waals surface area contributed by atoms with Gasteiger partial charge in [-0.15, -0.1) is 0 Å². The monoisotopic (exact) mass is 954 g/mol. The smallest absolute Gasteiger partial charge is 0.305 e. The highest BCUT2D eigenvalue weighted by Crippen LogP contribution is 2.16. The quantitative estimate of drug-likeness (QED) is 0.0321. The van der Waals surface area contributed by atoms with Gasteiger partial charge in [0.05, 0.1) is 25.4 Å². The lowest BCUT2D eigenvalue weighted by Crippen LogP contribution is -2.45. The zero-order chi connectivity index (χ0) is 49.3. The second-order valence-electron chi connectivity index (χ2n) is 20.3. The highest BCUT2D eigenvalue weighted by Gasteiger charge is 2.18. The fourth-order valence-corrected chi connectivity index (χ4v) is 8.95. The molecule has 2 atom stereocenters. The number of hydrogen-bond acceptors (Lipinski definition) is 5. The molecule has 0 rings (SSSR count). The van der Waals surface area contributed by atoms with Crippen LogP contribution in [0.3, 0.4) is 0 Å². The Balaban J connectivity index is 3.45. The van der Waals surface area contributed by atoms with E-state index >= 15 is 0 Å². The summed E-state index contributed by atoms with van der Waals surface area (Å²) >= 11 is 0. The molecule has 0 aromatic heterocycles. The maximum absolute atomic E-state index is 12.4. The van der Waals surface area contributed by atoms with Crippen LogP contribution in [-0.4, -0.2) is 47.4 Å². The third-order valence-electron chi connectivity index (χ3n) is 13.6. The van der Waals surface area contributed by atoms with Gasteiger partial charge in [-0.05, 0) is 89.9 Å². The Bertz CT molecular complexity index is 1150. The molecule has 0 radical (unpaired) electrons. The second kappa shape index (κ2) is 57.4. The van der Waals surface area contributed by atoms with E-state index in [4.69, 9.17) is 4.74 Å². The first kappa shape index (κ1) is 65.8. The Kier molecular flexibility index (Phi) is 55.6. The van der Waals surface area contributed by atoms with Crippen LogP contribution in [0.5, 0.6) is 0 Å². The minimum Gasteiger partial charge on any atom is -0.466 e. The molecule has 2 unspecified atom stereocenters. The van der Waals surface area contributed by atoms with Gasteiger partial charge < -0.3 is 20.3 Å². The Labute approximate surface area is 423 Å². The van der Waals surface area contributed by atoms with Crippen LogP contribution in [0.1, 0.15) is 309 Å². The van der Waals surface area contributed by atoms with E-state index in [0.717, 1.165) is 57.8 Å². The summed E-state index contributed by atoms with van der Waals surface area (Å²) in [5, 5.41) is 23.1. The summed E-state index contributed by atoms with van der Waals surface area (Å²) in [6.07, 6.45) is 72.8. The van der Waals surface area contributed by atoms with Crippen LogP contribution in [0.15, 0.2) is 48.6 Å². The molecular weight excluding hydrogens is 839 g/mol. The van der Waals surface area contributed by atoms with E-state index in [0.29, 0.717) is 19.4 Å². The Morgan fingerprint density at radius 2 is 0.735 bits per heavy atom. The maximum atomic E-state index is 12.4. The van der Waals surface area contributed by atoms with Crippen molar-refractivity contribution in [2.45, 2.75) is 321 Å². The Hall–Kier alpha value is -2.18. The number of allylic oxidation sites excluding steroid dienone is 7. The Morgan fingerprint density at radius 1 is 0.412 bits per heavy atom. The van der Waals surface area contributed by atoms with Crippen LogP contribution in [0.2, 0.25) is 0 Å². The summed E-state index contributed by atoms with van der Waals surface area (Å²) in [4.78, 5) is 24.5. The van der Waals surface area contributed by atoms with Gasteiger partial charge in [0.2, 0.25) is 5.91 Å². The predicted octanol–water partition coefficient (Wildman–Crippen LogP) is 18.6. The number of aliphatic hydroxyl groups excluding tert-OH is 2. The summed E-state index contributed by atoms with van der Waals surface area (Å²) in [6.45, 7) is 4.87. The van der Waals surface area contributed by atoms with Crippen LogP contribution >= 0.6 is 0 Å². The third kappa shape index (κ3) is 53.2. The lowest BCUT2D eigenvalue weighted by atomic mass is 10.0. The molecule has 0 aromatic rings. The topological polar surface area (TPSA) is 95.9 Å². The number of carbonyl (C=O) groups is 2. The lowest BCUT2D eigenvalue weighted by molar-refractivity contribution is -0.143. The molecule has 0 saturated heterocycles. The first-order valence-corrected chi connectivity index (χ1v) is 29.9. The molecule has 1 amide bonds. The van der Waals surface area contributed by atoms with E-state index in [1.807, 2.05) is 6.08 Å². The number of aliphatic hydroxyl groups is 2. The molecule has 6 nitrogen and oxygen atoms in total. The average molecular weight is 955 g/mol. The molecular formula is C62H115NO5. The summed E-state index contributed by atoms with van der Waals surface area (Å²) in [5.74, 6) is -0.0796. The van der Waals surface area contributed by atoms with Crippen molar-refractivity contribution in [3.05, 3.63) is 48.6 Å². The molecule has 0 saturated carbocycles. The molecule has 0 bridgehead atoms. The van der Waals surface area contributed by atoms with Gasteiger partial charge in [0, 0.05) is 12.8 Å². The van der Waals surface area contributed by atoms with Crippen molar-refractivity contribution >= 4 is 11.9 Å². The molecule has 0 aliphatic carbocycles. The van der Waals surface area contributed by atoms with Gasteiger partial charge in [0.25, 0.3) is 0 Å². The van der Waals surface area contributed by atoms with Gasteiger partial charge in [-0.3, -0.25) is 9.59 Å². The summed E-state index contributed by atoms with van der Waals surface area (Å²) in [5.41, 5.74) is 0. The zero-order valence-corrected chi connectivity index (χ0v) is 45.3. The van der Waals surface area contributed by atoms with E-state index in [1.165, 1.54) is 225 Å². The van der Waals surface area contributed by atoms with Crippen LogP contribution in [0.4, 0.5) is 0 Å². The summed E-state index contributed by atoms with van der Waals surface area (Å²) < 4.78 is 5.48. The van der Waals surface area contributed by atoms with Gasteiger partial charge in [-0.2, -0.15) is 0 Å². The number of amides is 1. The molecule has 0 fully saturated rings. The predicted molar refractivity (Wildman–Crippen MR) is 296 cm³/mol.